The first-order valence-electron chi connectivity index (χ1n) is 9.39. The zero-order valence-electron chi connectivity index (χ0n) is 14.6. The summed E-state index contributed by atoms with van der Waals surface area (Å²) >= 11 is 0. The van der Waals surface area contributed by atoms with Gasteiger partial charge in [0.05, 0.1) is 30.9 Å². The number of amides is 1. The molecule has 0 aromatic carbocycles. The molecular formula is C19H27N3O3. The summed E-state index contributed by atoms with van der Waals surface area (Å²) in [5.74, 6) is 1.12. The minimum Gasteiger partial charge on any atom is -0.381 e. The van der Waals surface area contributed by atoms with Crippen molar-refractivity contribution in [2.45, 2.75) is 25.5 Å². The molecule has 1 amide bonds. The first-order chi connectivity index (χ1) is 12.3. The van der Waals surface area contributed by atoms with Crippen LogP contribution in [0, 0.1) is 17.8 Å². The van der Waals surface area contributed by atoms with Crippen molar-refractivity contribution < 1.29 is 14.3 Å². The minimum atomic E-state index is -0.0339. The lowest BCUT2D eigenvalue weighted by molar-refractivity contribution is -0.126. The van der Waals surface area contributed by atoms with E-state index in [-0.39, 0.29) is 17.9 Å². The molecule has 0 aliphatic carbocycles. The van der Waals surface area contributed by atoms with E-state index in [0.29, 0.717) is 19.1 Å². The summed E-state index contributed by atoms with van der Waals surface area (Å²) in [5.41, 5.74) is 0.888. The fraction of sp³-hybridized carbons (Fsp3) is 0.684. The zero-order valence-corrected chi connectivity index (χ0v) is 14.6. The van der Waals surface area contributed by atoms with Crippen molar-refractivity contribution in [3.8, 4) is 0 Å². The summed E-state index contributed by atoms with van der Waals surface area (Å²) in [6, 6.07) is 5.75. The quantitative estimate of drug-likeness (QED) is 0.865. The van der Waals surface area contributed by atoms with E-state index >= 15 is 0 Å². The largest absolute Gasteiger partial charge is 0.381 e. The molecule has 1 aromatic rings. The van der Waals surface area contributed by atoms with Crippen molar-refractivity contribution in [1.29, 1.82) is 0 Å². The highest BCUT2D eigenvalue weighted by Gasteiger charge is 2.46. The number of rotatable bonds is 5. The molecule has 6 nitrogen and oxygen atoms in total. The average Bonchev–Trinajstić information content (AvgIpc) is 3.21. The molecule has 4 heterocycles. The standard InChI is InChI=1S/C19H27N3O3/c23-19(21-9-15-3-1-2-6-20-15)17-13-25-18-12-22(11-16(17)18)10-14-4-7-24-8-5-14/h1-3,6,14,16-18H,4-5,7-13H2,(H,21,23)/t16-,17+,18-/m0/s1. The second-order valence-electron chi connectivity index (χ2n) is 7.46. The molecule has 1 aromatic heterocycles. The zero-order chi connectivity index (χ0) is 17.1. The maximum absolute atomic E-state index is 12.6. The maximum atomic E-state index is 12.6. The van der Waals surface area contributed by atoms with Crippen molar-refractivity contribution in [3.63, 3.8) is 0 Å². The van der Waals surface area contributed by atoms with Crippen LogP contribution in [0.15, 0.2) is 24.4 Å². The molecule has 0 radical (unpaired) electrons. The predicted molar refractivity (Wildman–Crippen MR) is 92.8 cm³/mol. The van der Waals surface area contributed by atoms with Crippen LogP contribution in [0.4, 0.5) is 0 Å². The first-order valence-corrected chi connectivity index (χ1v) is 9.39. The second kappa shape index (κ2) is 7.81. The normalized spacial score (nSPS) is 30.3. The van der Waals surface area contributed by atoms with Gasteiger partial charge in [-0.05, 0) is 30.9 Å². The SMILES string of the molecule is O=C(NCc1ccccn1)[C@@H]1CO[C@H]2CN(CC3CCOCC3)C[C@H]21. The van der Waals surface area contributed by atoms with E-state index in [1.54, 1.807) is 6.20 Å². The van der Waals surface area contributed by atoms with Gasteiger partial charge in [-0.2, -0.15) is 0 Å². The fourth-order valence-electron chi connectivity index (χ4n) is 4.32. The Hall–Kier alpha value is -1.50. The van der Waals surface area contributed by atoms with Crippen LogP contribution in [-0.2, 0) is 20.8 Å². The van der Waals surface area contributed by atoms with Crippen LogP contribution < -0.4 is 5.32 Å². The lowest BCUT2D eigenvalue weighted by atomic mass is 9.92. The molecule has 3 fully saturated rings. The van der Waals surface area contributed by atoms with E-state index < -0.39 is 0 Å². The van der Waals surface area contributed by atoms with E-state index in [1.807, 2.05) is 18.2 Å². The number of aromatic nitrogens is 1. The summed E-state index contributed by atoms with van der Waals surface area (Å²) in [4.78, 5) is 19.4. The number of nitrogens with one attached hydrogen (secondary N) is 1. The van der Waals surface area contributed by atoms with E-state index in [1.165, 1.54) is 0 Å². The van der Waals surface area contributed by atoms with Gasteiger partial charge in [0.25, 0.3) is 0 Å². The summed E-state index contributed by atoms with van der Waals surface area (Å²) in [6.45, 7) is 5.87. The van der Waals surface area contributed by atoms with Gasteiger partial charge in [0.2, 0.25) is 5.91 Å². The van der Waals surface area contributed by atoms with Gasteiger partial charge in [0.15, 0.2) is 0 Å². The summed E-state index contributed by atoms with van der Waals surface area (Å²) < 4.78 is 11.4. The molecule has 0 spiro atoms. The highest BCUT2D eigenvalue weighted by molar-refractivity contribution is 5.79. The van der Waals surface area contributed by atoms with Crippen LogP contribution in [0.3, 0.4) is 0 Å². The van der Waals surface area contributed by atoms with Gasteiger partial charge in [-0.1, -0.05) is 6.07 Å². The van der Waals surface area contributed by atoms with Crippen LogP contribution >= 0.6 is 0 Å². The van der Waals surface area contributed by atoms with Crippen LogP contribution in [0.5, 0.6) is 0 Å². The third kappa shape index (κ3) is 4.02. The molecule has 3 aliphatic rings. The summed E-state index contributed by atoms with van der Waals surface area (Å²) in [7, 11) is 0. The first kappa shape index (κ1) is 16.9. The number of hydrogen-bond acceptors (Lipinski definition) is 5. The number of fused-ring (bicyclic) bond motifs is 1. The third-order valence-electron chi connectivity index (χ3n) is 5.76. The van der Waals surface area contributed by atoms with Gasteiger partial charge in [-0.25, -0.2) is 0 Å². The topological polar surface area (TPSA) is 63.7 Å². The molecule has 0 saturated carbocycles. The highest BCUT2D eigenvalue weighted by atomic mass is 16.5. The molecule has 6 heteroatoms. The predicted octanol–water partition coefficient (Wildman–Crippen LogP) is 1.07. The summed E-state index contributed by atoms with van der Waals surface area (Å²) in [5, 5.41) is 3.03. The van der Waals surface area contributed by atoms with Gasteiger partial charge >= 0.3 is 0 Å². The molecule has 3 saturated heterocycles. The third-order valence-corrected chi connectivity index (χ3v) is 5.76. The molecule has 3 aliphatic heterocycles. The number of hydrogen-bond donors (Lipinski definition) is 1. The Morgan fingerprint density at radius 1 is 1.28 bits per heavy atom. The molecule has 1 N–H and O–H groups in total. The van der Waals surface area contributed by atoms with Gasteiger partial charge in [0, 0.05) is 45.0 Å². The van der Waals surface area contributed by atoms with Gasteiger partial charge < -0.3 is 19.7 Å². The Morgan fingerprint density at radius 3 is 2.96 bits per heavy atom. The molecule has 4 rings (SSSR count). The average molecular weight is 345 g/mol. The summed E-state index contributed by atoms with van der Waals surface area (Å²) in [6.07, 6.45) is 4.27. The lowest BCUT2D eigenvalue weighted by Crippen LogP contribution is -2.37. The van der Waals surface area contributed by atoms with Crippen molar-refractivity contribution >= 4 is 5.91 Å². The van der Waals surface area contributed by atoms with Gasteiger partial charge in [-0.15, -0.1) is 0 Å². The number of likely N-dealkylation sites (tertiary alicyclic amines) is 1. The number of carbonyl (C=O) groups is 1. The number of ether oxygens (including phenoxy) is 2. The molecule has 25 heavy (non-hydrogen) atoms. The molecule has 0 bridgehead atoms. The number of nitrogens with zero attached hydrogens (tertiary/aromatic N) is 2. The Morgan fingerprint density at radius 2 is 2.16 bits per heavy atom. The maximum Gasteiger partial charge on any atom is 0.226 e. The van der Waals surface area contributed by atoms with E-state index in [4.69, 9.17) is 9.47 Å². The smallest absolute Gasteiger partial charge is 0.226 e. The van der Waals surface area contributed by atoms with Crippen LogP contribution in [-0.4, -0.2) is 61.3 Å². The van der Waals surface area contributed by atoms with Crippen molar-refractivity contribution in [2.75, 3.05) is 39.5 Å². The van der Waals surface area contributed by atoms with Crippen LogP contribution in [0.25, 0.3) is 0 Å². The van der Waals surface area contributed by atoms with Gasteiger partial charge in [-0.3, -0.25) is 9.78 Å². The highest BCUT2D eigenvalue weighted by Crippen LogP contribution is 2.34. The lowest BCUT2D eigenvalue weighted by Gasteiger charge is -2.27. The monoisotopic (exact) mass is 345 g/mol. The Labute approximate surface area is 148 Å². The van der Waals surface area contributed by atoms with E-state index in [9.17, 15) is 4.79 Å². The molecule has 136 valence electrons. The van der Waals surface area contributed by atoms with E-state index in [0.717, 1.165) is 57.3 Å². The Balaban J connectivity index is 1.28. The Bertz CT molecular complexity index is 577. The van der Waals surface area contributed by atoms with Crippen molar-refractivity contribution in [2.24, 2.45) is 17.8 Å². The number of pyridine rings is 1. The van der Waals surface area contributed by atoms with Crippen molar-refractivity contribution in [1.82, 2.24) is 15.2 Å². The van der Waals surface area contributed by atoms with Crippen LogP contribution in [0.1, 0.15) is 18.5 Å². The Kier molecular flexibility index (Phi) is 5.29. The number of carbonyl (C=O) groups excluding carboxylic acids is 1. The second-order valence-corrected chi connectivity index (χ2v) is 7.46. The fourth-order valence-corrected chi connectivity index (χ4v) is 4.32. The molecule has 3 atom stereocenters. The molecule has 0 unspecified atom stereocenters. The minimum absolute atomic E-state index is 0.0339. The van der Waals surface area contributed by atoms with Gasteiger partial charge in [0.1, 0.15) is 0 Å². The van der Waals surface area contributed by atoms with E-state index in [2.05, 4.69) is 15.2 Å². The van der Waals surface area contributed by atoms with Crippen LogP contribution in [0.2, 0.25) is 0 Å². The van der Waals surface area contributed by atoms with Crippen molar-refractivity contribution in [3.05, 3.63) is 30.1 Å². The molecular weight excluding hydrogens is 318 g/mol.